The van der Waals surface area contributed by atoms with Crippen molar-refractivity contribution in [2.75, 3.05) is 0 Å². The van der Waals surface area contributed by atoms with Crippen LogP contribution >= 0.6 is 0 Å². The Hall–Kier alpha value is -6.85. The first kappa shape index (κ1) is 44.4. The van der Waals surface area contributed by atoms with Crippen molar-refractivity contribution in [2.24, 2.45) is 0 Å². The van der Waals surface area contributed by atoms with E-state index in [1.165, 1.54) is 44.6 Å². The minimum Gasteiger partial charge on any atom is -0.501 e. The molecule has 0 N–H and O–H groups in total. The van der Waals surface area contributed by atoms with Crippen LogP contribution in [0.5, 0.6) is 0 Å². The molecule has 0 amide bonds. The van der Waals surface area contributed by atoms with Gasteiger partial charge in [-0.15, -0.1) is 53.1 Å². The first-order valence-corrected chi connectivity index (χ1v) is 24.3. The van der Waals surface area contributed by atoms with Gasteiger partial charge in [0, 0.05) is 41.0 Å². The summed E-state index contributed by atoms with van der Waals surface area (Å²) in [7, 11) is 0. The van der Waals surface area contributed by atoms with Crippen molar-refractivity contribution in [3.05, 3.63) is 203 Å². The van der Waals surface area contributed by atoms with Gasteiger partial charge in [-0.3, -0.25) is 9.97 Å². The van der Waals surface area contributed by atoms with Gasteiger partial charge in [-0.1, -0.05) is 171 Å². The number of para-hydroxylation sites is 6. The Morgan fingerprint density at radius 3 is 1.66 bits per heavy atom. The summed E-state index contributed by atoms with van der Waals surface area (Å²) < 4.78 is 35.9. The van der Waals surface area contributed by atoms with E-state index in [-0.39, 0.29) is 37.5 Å². The summed E-state index contributed by atoms with van der Waals surface area (Å²) in [6.07, 6.45) is 0. The summed E-state index contributed by atoms with van der Waals surface area (Å²) in [5, 5.41) is 1.35. The van der Waals surface area contributed by atoms with Gasteiger partial charge in [0.1, 0.15) is 5.58 Å². The predicted molar refractivity (Wildman–Crippen MR) is 289 cm³/mol. The van der Waals surface area contributed by atoms with Gasteiger partial charge in [-0.05, 0) is 99.5 Å². The third-order valence-electron chi connectivity index (χ3n) is 13.3. The van der Waals surface area contributed by atoms with Crippen LogP contribution in [0.25, 0.3) is 89.3 Å². The zero-order valence-electron chi connectivity index (χ0n) is 44.4. The Labute approximate surface area is 430 Å². The Kier molecular flexibility index (Phi) is 12.6. The van der Waals surface area contributed by atoms with Crippen molar-refractivity contribution in [3.8, 4) is 45.3 Å². The molecule has 0 saturated carbocycles. The van der Waals surface area contributed by atoms with Gasteiger partial charge in [0.2, 0.25) is 0 Å². The van der Waals surface area contributed by atoms with Crippen LogP contribution in [0.3, 0.4) is 0 Å². The van der Waals surface area contributed by atoms with Gasteiger partial charge >= 0.3 is 0 Å². The van der Waals surface area contributed by atoms with E-state index in [9.17, 15) is 0 Å². The van der Waals surface area contributed by atoms with E-state index in [2.05, 4.69) is 181 Å². The second-order valence-corrected chi connectivity index (χ2v) is 19.5. The largest absolute Gasteiger partial charge is 0.501 e. The zero-order valence-corrected chi connectivity index (χ0v) is 43.7. The van der Waals surface area contributed by atoms with Crippen LogP contribution in [-0.2, 0) is 20.1 Å². The molecule has 353 valence electrons. The molecule has 5 nitrogen and oxygen atoms in total. The summed E-state index contributed by atoms with van der Waals surface area (Å²) in [6.45, 7) is 17.7. The smallest absolute Gasteiger partial charge is 0.120 e. The molecule has 0 aliphatic heterocycles. The SMILES string of the molecule is Cc1c[c-]c(-c2nc3ccccc3n2-c2c(C(C)C)cccc2C(C)C)cc1.[2H]C([2H])([2H])c1c[c-]c(-c2nc3ccccc3n2-c2c(C(C)C)cc(-c3ccccc3)cc2C(C)C)c2oc3ccccc3c12.[Ir]. The number of rotatable bonds is 9. The fraction of sp³-hybridized carbons (Fsp3) is 0.219. The summed E-state index contributed by atoms with van der Waals surface area (Å²) in [4.78, 5) is 10.2. The number of aromatic nitrogens is 4. The Balaban J connectivity index is 0.000000195. The topological polar surface area (TPSA) is 48.8 Å². The molecule has 70 heavy (non-hydrogen) atoms. The second-order valence-electron chi connectivity index (χ2n) is 19.5. The van der Waals surface area contributed by atoms with Gasteiger partial charge in [-0.2, -0.15) is 0 Å². The first-order chi connectivity index (χ1) is 34.6. The van der Waals surface area contributed by atoms with Gasteiger partial charge in [-0.25, -0.2) is 0 Å². The van der Waals surface area contributed by atoms with E-state index in [0.717, 1.165) is 44.5 Å². The summed E-state index contributed by atoms with van der Waals surface area (Å²) in [5.41, 5.74) is 18.0. The Morgan fingerprint density at radius 2 is 1.07 bits per heavy atom. The molecular formula is C64H60IrN4O-2. The number of hydrogen-bond acceptors (Lipinski definition) is 3. The molecule has 11 rings (SSSR count). The molecule has 11 aromatic rings. The van der Waals surface area contributed by atoms with Crippen LogP contribution in [0.2, 0.25) is 0 Å². The zero-order chi connectivity index (χ0) is 50.6. The van der Waals surface area contributed by atoms with Crippen molar-refractivity contribution < 1.29 is 28.6 Å². The van der Waals surface area contributed by atoms with Gasteiger partial charge in [0.05, 0.1) is 39.3 Å². The minimum absolute atomic E-state index is 0. The molecule has 0 atom stereocenters. The van der Waals surface area contributed by atoms with E-state index in [0.29, 0.717) is 39.8 Å². The molecule has 0 unspecified atom stereocenters. The van der Waals surface area contributed by atoms with Crippen molar-refractivity contribution in [3.63, 3.8) is 0 Å². The summed E-state index contributed by atoms with van der Waals surface area (Å²) in [5.74, 6) is 2.90. The normalized spacial score (nSPS) is 12.5. The van der Waals surface area contributed by atoms with Crippen LogP contribution in [0.4, 0.5) is 0 Å². The average Bonchev–Trinajstić information content (AvgIpc) is 4.08. The molecule has 3 aromatic heterocycles. The maximum atomic E-state index is 8.30. The molecule has 8 aromatic carbocycles. The van der Waals surface area contributed by atoms with Crippen LogP contribution in [-0.4, -0.2) is 19.1 Å². The Morgan fingerprint density at radius 1 is 0.529 bits per heavy atom. The maximum absolute atomic E-state index is 8.30. The number of benzene rings is 8. The number of fused-ring (bicyclic) bond motifs is 5. The van der Waals surface area contributed by atoms with E-state index in [1.54, 1.807) is 6.07 Å². The minimum atomic E-state index is -2.33. The van der Waals surface area contributed by atoms with Crippen molar-refractivity contribution in [2.45, 2.75) is 92.8 Å². The summed E-state index contributed by atoms with van der Waals surface area (Å²) >= 11 is 0. The number of imidazole rings is 2. The quantitative estimate of drug-likeness (QED) is 0.135. The van der Waals surface area contributed by atoms with Crippen molar-refractivity contribution in [1.29, 1.82) is 0 Å². The molecule has 3 heterocycles. The standard InChI is InChI=1S/C38H33N2O.C26H27N2.Ir/c1-23(2)30-21-27(26-13-7-6-8-14-26)22-31(24(3)4)36(30)40-33-17-11-10-16-32(33)39-38(40)29-20-19-25(5)35-28-15-9-12-18-34(28)41-37(29)35;1-17(2)21-9-8-10-22(18(3)4)25(21)28-24-12-7-6-11-23(24)27-26(28)20-15-13-19(5)14-16-20;/h6-19,21-24H,1-5H3;6-15,17-18H,1-5H3;/q2*-1;/i5D3;;. The molecule has 0 bridgehead atoms. The van der Waals surface area contributed by atoms with Crippen LogP contribution in [0.1, 0.15) is 117 Å². The van der Waals surface area contributed by atoms with Crippen LogP contribution in [0.15, 0.2) is 162 Å². The van der Waals surface area contributed by atoms with Crippen molar-refractivity contribution >= 4 is 44.0 Å². The molecule has 0 saturated heterocycles. The van der Waals surface area contributed by atoms with Crippen LogP contribution in [0, 0.1) is 25.9 Å². The van der Waals surface area contributed by atoms with E-state index >= 15 is 0 Å². The first-order valence-electron chi connectivity index (χ1n) is 25.8. The third kappa shape index (κ3) is 8.73. The van der Waals surface area contributed by atoms with Crippen LogP contribution < -0.4 is 0 Å². The molecule has 0 aliphatic carbocycles. The number of aryl methyl sites for hydroxylation is 2. The fourth-order valence-corrected chi connectivity index (χ4v) is 9.82. The molecule has 0 fully saturated rings. The number of furan rings is 1. The molecular weight excluding hydrogens is 1030 g/mol. The summed E-state index contributed by atoms with van der Waals surface area (Å²) in [6, 6.07) is 60.6. The Bertz CT molecular complexity index is 3710. The predicted octanol–water partition coefficient (Wildman–Crippen LogP) is 17.7. The van der Waals surface area contributed by atoms with E-state index in [4.69, 9.17) is 18.5 Å². The van der Waals surface area contributed by atoms with Crippen molar-refractivity contribution in [1.82, 2.24) is 19.1 Å². The van der Waals surface area contributed by atoms with Gasteiger partial charge < -0.3 is 13.6 Å². The third-order valence-corrected chi connectivity index (χ3v) is 13.3. The molecule has 0 spiro atoms. The average molecular weight is 1100 g/mol. The van der Waals surface area contributed by atoms with Gasteiger partial charge in [0.15, 0.2) is 0 Å². The molecule has 1 radical (unpaired) electrons. The molecule has 6 heteroatoms. The maximum Gasteiger partial charge on any atom is 0.120 e. The molecule has 0 aliphatic rings. The van der Waals surface area contributed by atoms with E-state index < -0.39 is 6.85 Å². The number of hydrogen-bond donors (Lipinski definition) is 0. The van der Waals surface area contributed by atoms with Gasteiger partial charge in [0.25, 0.3) is 0 Å². The number of nitrogens with zero attached hydrogens (tertiary/aromatic N) is 4. The fourth-order valence-electron chi connectivity index (χ4n) is 9.82. The second kappa shape index (κ2) is 19.9. The van der Waals surface area contributed by atoms with E-state index in [1.807, 2.05) is 54.6 Å². The monoisotopic (exact) mass is 1100 g/mol.